The van der Waals surface area contributed by atoms with Crippen LogP contribution >= 0.6 is 0 Å². The molecule has 0 saturated carbocycles. The molecule has 2 N–H and O–H groups in total. The lowest BCUT2D eigenvalue weighted by atomic mass is 10.1. The first-order valence-corrected chi connectivity index (χ1v) is 8.51. The molecule has 0 aliphatic carbocycles. The van der Waals surface area contributed by atoms with Gasteiger partial charge in [-0.15, -0.1) is 0 Å². The number of benzene rings is 2. The number of carbonyl (C=O) groups excluding carboxylic acids is 1. The molecule has 2 amide bonds. The number of likely N-dealkylation sites (tertiary alicyclic amines) is 1. The fourth-order valence-corrected chi connectivity index (χ4v) is 3.58. The Morgan fingerprint density at radius 3 is 2.80 bits per heavy atom. The SMILES string of the molecule is O=C(Nc1ccccc1Oc1ccc(F)cc1)N1CC[C@H]2CNC[C@H]21. The van der Waals surface area contributed by atoms with Crippen molar-refractivity contribution in [2.45, 2.75) is 12.5 Å². The lowest BCUT2D eigenvalue weighted by Gasteiger charge is -2.24. The van der Waals surface area contributed by atoms with Gasteiger partial charge in [-0.2, -0.15) is 0 Å². The molecule has 2 fully saturated rings. The Kier molecular flexibility index (Phi) is 4.28. The van der Waals surface area contributed by atoms with Crippen molar-refractivity contribution in [3.8, 4) is 11.5 Å². The van der Waals surface area contributed by atoms with E-state index in [1.54, 1.807) is 24.3 Å². The highest BCUT2D eigenvalue weighted by molar-refractivity contribution is 5.91. The maximum atomic E-state index is 13.0. The van der Waals surface area contributed by atoms with Crippen molar-refractivity contribution < 1.29 is 13.9 Å². The second-order valence-electron chi connectivity index (χ2n) is 6.45. The van der Waals surface area contributed by atoms with E-state index in [0.717, 1.165) is 26.1 Å². The van der Waals surface area contributed by atoms with Gasteiger partial charge in [0.05, 0.1) is 5.69 Å². The van der Waals surface area contributed by atoms with Gasteiger partial charge in [-0.05, 0) is 48.7 Å². The van der Waals surface area contributed by atoms with Gasteiger partial charge in [0.15, 0.2) is 5.75 Å². The summed E-state index contributed by atoms with van der Waals surface area (Å²) in [6, 6.07) is 13.2. The first kappa shape index (κ1) is 15.9. The number of carbonyl (C=O) groups is 1. The zero-order chi connectivity index (χ0) is 17.2. The van der Waals surface area contributed by atoms with Crippen LogP contribution < -0.4 is 15.4 Å². The van der Waals surface area contributed by atoms with Crippen LogP contribution in [0, 0.1) is 11.7 Å². The molecule has 0 bridgehead atoms. The molecule has 2 atom stereocenters. The average molecular weight is 341 g/mol. The van der Waals surface area contributed by atoms with Crippen LogP contribution in [0.1, 0.15) is 6.42 Å². The largest absolute Gasteiger partial charge is 0.455 e. The summed E-state index contributed by atoms with van der Waals surface area (Å²) in [5, 5.41) is 6.30. The van der Waals surface area contributed by atoms with Crippen LogP contribution in [0.2, 0.25) is 0 Å². The van der Waals surface area contributed by atoms with Crippen molar-refractivity contribution in [3.63, 3.8) is 0 Å². The lowest BCUT2D eigenvalue weighted by molar-refractivity contribution is 0.206. The summed E-state index contributed by atoms with van der Waals surface area (Å²) in [5.74, 6) is 1.28. The van der Waals surface area contributed by atoms with Crippen molar-refractivity contribution >= 4 is 11.7 Å². The maximum Gasteiger partial charge on any atom is 0.322 e. The molecule has 130 valence electrons. The molecule has 4 rings (SSSR count). The van der Waals surface area contributed by atoms with E-state index in [9.17, 15) is 9.18 Å². The van der Waals surface area contributed by atoms with Gasteiger partial charge in [0, 0.05) is 25.7 Å². The normalized spacial score (nSPS) is 21.9. The van der Waals surface area contributed by atoms with Crippen molar-refractivity contribution in [2.24, 2.45) is 5.92 Å². The van der Waals surface area contributed by atoms with E-state index in [2.05, 4.69) is 10.6 Å². The predicted octanol–water partition coefficient (Wildman–Crippen LogP) is 3.44. The number of fused-ring (bicyclic) bond motifs is 1. The smallest absolute Gasteiger partial charge is 0.322 e. The van der Waals surface area contributed by atoms with Crippen LogP contribution in [-0.4, -0.2) is 36.6 Å². The molecule has 0 aromatic heterocycles. The summed E-state index contributed by atoms with van der Waals surface area (Å²) < 4.78 is 18.8. The summed E-state index contributed by atoms with van der Waals surface area (Å²) in [5.41, 5.74) is 0.603. The fourth-order valence-electron chi connectivity index (χ4n) is 3.58. The van der Waals surface area contributed by atoms with Gasteiger partial charge in [-0.1, -0.05) is 12.1 Å². The number of ether oxygens (including phenoxy) is 1. The van der Waals surface area contributed by atoms with Gasteiger partial charge < -0.3 is 20.3 Å². The van der Waals surface area contributed by atoms with Crippen LogP contribution in [0.15, 0.2) is 48.5 Å². The Morgan fingerprint density at radius 1 is 1.16 bits per heavy atom. The number of nitrogens with one attached hydrogen (secondary N) is 2. The summed E-state index contributed by atoms with van der Waals surface area (Å²) in [6.45, 7) is 2.62. The van der Waals surface area contributed by atoms with Gasteiger partial charge in [0.1, 0.15) is 11.6 Å². The molecule has 2 aromatic rings. The minimum Gasteiger partial charge on any atom is -0.455 e. The Hall–Kier alpha value is -2.60. The highest BCUT2D eigenvalue weighted by atomic mass is 19.1. The number of hydrogen-bond donors (Lipinski definition) is 2. The van der Waals surface area contributed by atoms with Crippen LogP contribution in [0.25, 0.3) is 0 Å². The zero-order valence-electron chi connectivity index (χ0n) is 13.7. The molecular weight excluding hydrogens is 321 g/mol. The van der Waals surface area contributed by atoms with Gasteiger partial charge in [-0.25, -0.2) is 9.18 Å². The van der Waals surface area contributed by atoms with Crippen LogP contribution in [0.4, 0.5) is 14.9 Å². The first-order chi connectivity index (χ1) is 12.2. The second-order valence-corrected chi connectivity index (χ2v) is 6.45. The van der Waals surface area contributed by atoms with Crippen molar-refractivity contribution in [1.82, 2.24) is 10.2 Å². The third kappa shape index (κ3) is 3.30. The minimum absolute atomic E-state index is 0.105. The number of anilines is 1. The number of amides is 2. The van der Waals surface area contributed by atoms with Crippen LogP contribution in [-0.2, 0) is 0 Å². The van der Waals surface area contributed by atoms with Crippen molar-refractivity contribution in [2.75, 3.05) is 25.0 Å². The Labute approximate surface area is 145 Å². The molecule has 2 aromatic carbocycles. The van der Waals surface area contributed by atoms with Crippen LogP contribution in [0.5, 0.6) is 11.5 Å². The van der Waals surface area contributed by atoms with Gasteiger partial charge in [0.2, 0.25) is 0 Å². The second kappa shape index (κ2) is 6.72. The molecule has 6 heteroatoms. The van der Waals surface area contributed by atoms with E-state index < -0.39 is 0 Å². The molecular formula is C19H20FN3O2. The quantitative estimate of drug-likeness (QED) is 0.899. The zero-order valence-corrected chi connectivity index (χ0v) is 13.7. The summed E-state index contributed by atoms with van der Waals surface area (Å²) in [4.78, 5) is 14.6. The van der Waals surface area contributed by atoms with E-state index in [0.29, 0.717) is 23.1 Å². The predicted molar refractivity (Wildman–Crippen MR) is 93.4 cm³/mol. The third-order valence-corrected chi connectivity index (χ3v) is 4.88. The molecule has 2 saturated heterocycles. The van der Waals surface area contributed by atoms with Crippen molar-refractivity contribution in [3.05, 3.63) is 54.3 Å². The maximum absolute atomic E-state index is 13.0. The third-order valence-electron chi connectivity index (χ3n) is 4.88. The van der Waals surface area contributed by atoms with Gasteiger partial charge in [0.25, 0.3) is 0 Å². The summed E-state index contributed by atoms with van der Waals surface area (Å²) in [7, 11) is 0. The number of rotatable bonds is 3. The highest BCUT2D eigenvalue weighted by Gasteiger charge is 2.40. The molecule has 2 heterocycles. The van der Waals surface area contributed by atoms with E-state index in [-0.39, 0.29) is 17.9 Å². The van der Waals surface area contributed by atoms with E-state index in [1.165, 1.54) is 12.1 Å². The Morgan fingerprint density at radius 2 is 1.96 bits per heavy atom. The van der Waals surface area contributed by atoms with Crippen LogP contribution in [0.3, 0.4) is 0 Å². The van der Waals surface area contributed by atoms with Gasteiger partial charge in [-0.3, -0.25) is 0 Å². The molecule has 25 heavy (non-hydrogen) atoms. The molecule has 5 nitrogen and oxygen atoms in total. The Bertz CT molecular complexity index is 766. The molecule has 2 aliphatic rings. The van der Waals surface area contributed by atoms with E-state index in [1.807, 2.05) is 17.0 Å². The van der Waals surface area contributed by atoms with E-state index in [4.69, 9.17) is 4.74 Å². The number of hydrogen-bond acceptors (Lipinski definition) is 3. The number of halogens is 1. The Balaban J connectivity index is 1.49. The molecule has 0 radical (unpaired) electrons. The highest BCUT2D eigenvalue weighted by Crippen LogP contribution is 2.31. The average Bonchev–Trinajstić information content (AvgIpc) is 3.22. The summed E-state index contributed by atoms with van der Waals surface area (Å²) >= 11 is 0. The number of para-hydroxylation sites is 2. The fraction of sp³-hybridized carbons (Fsp3) is 0.316. The first-order valence-electron chi connectivity index (χ1n) is 8.51. The van der Waals surface area contributed by atoms with Gasteiger partial charge >= 0.3 is 6.03 Å². The standard InChI is InChI=1S/C19H20FN3O2/c20-14-5-7-15(8-6-14)25-18-4-2-1-3-16(18)22-19(24)23-10-9-13-11-21-12-17(13)23/h1-8,13,17,21H,9-12H2,(H,22,24)/t13-,17+/m0/s1. The monoisotopic (exact) mass is 341 g/mol. The lowest BCUT2D eigenvalue weighted by Crippen LogP contribution is -2.41. The minimum atomic E-state index is -0.317. The molecule has 0 unspecified atom stereocenters. The summed E-state index contributed by atoms with van der Waals surface area (Å²) in [6.07, 6.45) is 1.04. The van der Waals surface area contributed by atoms with Crippen molar-refractivity contribution in [1.29, 1.82) is 0 Å². The number of urea groups is 1. The topological polar surface area (TPSA) is 53.6 Å². The number of nitrogens with zero attached hydrogens (tertiary/aromatic N) is 1. The molecule has 0 spiro atoms. The molecule has 2 aliphatic heterocycles. The van der Waals surface area contributed by atoms with E-state index >= 15 is 0 Å².